The van der Waals surface area contributed by atoms with Gasteiger partial charge < -0.3 is 15.0 Å². The smallest absolute Gasteiger partial charge is 0.131 e. The lowest BCUT2D eigenvalue weighted by molar-refractivity contribution is 0.199. The van der Waals surface area contributed by atoms with Gasteiger partial charge in [0.2, 0.25) is 0 Å². The molecule has 2 heterocycles. The summed E-state index contributed by atoms with van der Waals surface area (Å²) in [7, 11) is 3.79. The third-order valence-corrected chi connectivity index (χ3v) is 5.59. The molecule has 2 atom stereocenters. The topological polar surface area (TPSA) is 42.3 Å². The minimum Gasteiger partial charge on any atom is -0.383 e. The number of nitrogens with one attached hydrogen (secondary N) is 1. The number of ether oxygens (including phenoxy) is 1. The Kier molecular flexibility index (Phi) is 5.96. The van der Waals surface area contributed by atoms with Crippen LogP contribution in [0.3, 0.4) is 0 Å². The molecule has 0 bridgehead atoms. The van der Waals surface area contributed by atoms with E-state index in [9.17, 15) is 0 Å². The molecule has 2 unspecified atom stereocenters. The Bertz CT molecular complexity index is 463. The maximum absolute atomic E-state index is 5.10. The molecule has 1 aliphatic rings. The van der Waals surface area contributed by atoms with Crippen LogP contribution in [0.1, 0.15) is 25.1 Å². The van der Waals surface area contributed by atoms with Gasteiger partial charge >= 0.3 is 0 Å². The van der Waals surface area contributed by atoms with Crippen molar-refractivity contribution in [2.75, 3.05) is 37.5 Å². The van der Waals surface area contributed by atoms with Crippen molar-refractivity contribution in [2.24, 2.45) is 7.05 Å². The molecular weight excluding hydrogens is 284 g/mol. The van der Waals surface area contributed by atoms with Gasteiger partial charge in [0.25, 0.3) is 0 Å². The number of aryl methyl sites for hydroxylation is 2. The quantitative estimate of drug-likeness (QED) is 0.811. The molecule has 6 heteroatoms. The van der Waals surface area contributed by atoms with Crippen molar-refractivity contribution in [2.45, 2.75) is 38.6 Å². The number of nitrogens with zero attached hydrogens (tertiary/aromatic N) is 3. The fourth-order valence-electron chi connectivity index (χ4n) is 2.88. The van der Waals surface area contributed by atoms with Gasteiger partial charge in [-0.2, -0.15) is 16.9 Å². The van der Waals surface area contributed by atoms with Crippen LogP contribution >= 0.6 is 11.8 Å². The van der Waals surface area contributed by atoms with Crippen molar-refractivity contribution >= 4 is 17.6 Å². The summed E-state index contributed by atoms with van der Waals surface area (Å²) in [6, 6.07) is 0.538. The number of thioether (sulfide) groups is 1. The van der Waals surface area contributed by atoms with Crippen LogP contribution in [0, 0.1) is 6.92 Å². The molecule has 1 fully saturated rings. The molecule has 0 saturated carbocycles. The number of methoxy groups -OCH3 is 1. The van der Waals surface area contributed by atoms with Crippen LogP contribution < -0.4 is 10.2 Å². The Labute approximate surface area is 132 Å². The molecule has 0 aliphatic carbocycles. The molecule has 120 valence electrons. The molecule has 0 spiro atoms. The zero-order valence-corrected chi connectivity index (χ0v) is 14.7. The summed E-state index contributed by atoms with van der Waals surface area (Å²) < 4.78 is 7.14. The first kappa shape index (κ1) is 16.6. The third-order valence-electron chi connectivity index (χ3n) is 4.25. The molecule has 1 N–H and O–H groups in total. The number of rotatable bonds is 6. The molecule has 1 aromatic heterocycles. The zero-order chi connectivity index (χ0) is 15.4. The Balaban J connectivity index is 2.17. The summed E-state index contributed by atoms with van der Waals surface area (Å²) in [5.74, 6) is 2.46. The van der Waals surface area contributed by atoms with E-state index in [0.717, 1.165) is 31.9 Å². The molecule has 1 aromatic rings. The van der Waals surface area contributed by atoms with Crippen LogP contribution in [-0.2, 0) is 18.3 Å². The SMILES string of the molecule is COCCNCc1c(C)nn(C)c1N1CCSC(C)C1C. The van der Waals surface area contributed by atoms with Crippen molar-refractivity contribution < 1.29 is 4.74 Å². The minimum atomic E-state index is 0.538. The van der Waals surface area contributed by atoms with E-state index >= 15 is 0 Å². The summed E-state index contributed by atoms with van der Waals surface area (Å²) in [4.78, 5) is 2.52. The molecular formula is C15H28N4OS. The predicted molar refractivity (Wildman–Crippen MR) is 90.3 cm³/mol. The lowest BCUT2D eigenvalue weighted by atomic mass is 10.1. The van der Waals surface area contributed by atoms with Crippen molar-refractivity contribution in [3.63, 3.8) is 0 Å². The monoisotopic (exact) mass is 312 g/mol. The second-order valence-corrected chi connectivity index (χ2v) is 7.18. The van der Waals surface area contributed by atoms with Crippen molar-refractivity contribution in [3.05, 3.63) is 11.3 Å². The van der Waals surface area contributed by atoms with E-state index in [2.05, 4.69) is 54.9 Å². The van der Waals surface area contributed by atoms with Gasteiger partial charge in [0.05, 0.1) is 12.3 Å². The van der Waals surface area contributed by atoms with Crippen molar-refractivity contribution in [3.8, 4) is 0 Å². The van der Waals surface area contributed by atoms with Crippen molar-refractivity contribution in [1.82, 2.24) is 15.1 Å². The van der Waals surface area contributed by atoms with E-state index in [-0.39, 0.29) is 0 Å². The summed E-state index contributed by atoms with van der Waals surface area (Å²) >= 11 is 2.06. The molecule has 0 amide bonds. The largest absolute Gasteiger partial charge is 0.383 e. The number of anilines is 1. The molecule has 1 aliphatic heterocycles. The van der Waals surface area contributed by atoms with Gasteiger partial charge in [0.1, 0.15) is 5.82 Å². The molecule has 21 heavy (non-hydrogen) atoms. The second-order valence-electron chi connectivity index (χ2n) is 5.69. The predicted octanol–water partition coefficient (Wildman–Crippen LogP) is 1.79. The Morgan fingerprint density at radius 2 is 2.19 bits per heavy atom. The lowest BCUT2D eigenvalue weighted by Crippen LogP contribution is -2.46. The standard InChI is InChI=1S/C15H28N4OS/c1-11-14(10-16-6-8-20-5)15(18(4)17-11)19-7-9-21-13(3)12(19)2/h12-13,16H,6-10H2,1-5H3. The second kappa shape index (κ2) is 7.51. The summed E-state index contributed by atoms with van der Waals surface area (Å²) in [5, 5.41) is 8.75. The average molecular weight is 312 g/mol. The first-order chi connectivity index (χ1) is 10.1. The van der Waals surface area contributed by atoms with Crippen LogP contribution in [0.5, 0.6) is 0 Å². The van der Waals surface area contributed by atoms with Gasteiger partial charge in [-0.15, -0.1) is 0 Å². The van der Waals surface area contributed by atoms with Crippen LogP contribution in [0.2, 0.25) is 0 Å². The van der Waals surface area contributed by atoms with E-state index in [0.29, 0.717) is 11.3 Å². The van der Waals surface area contributed by atoms with E-state index < -0.39 is 0 Å². The van der Waals surface area contributed by atoms with Crippen LogP contribution in [0.25, 0.3) is 0 Å². The van der Waals surface area contributed by atoms with Gasteiger partial charge in [0.15, 0.2) is 0 Å². The summed E-state index contributed by atoms with van der Waals surface area (Å²) in [6.45, 7) is 10.3. The van der Waals surface area contributed by atoms with Gasteiger partial charge in [0, 0.05) is 56.4 Å². The van der Waals surface area contributed by atoms with Crippen LogP contribution in [-0.4, -0.2) is 53.6 Å². The Morgan fingerprint density at radius 1 is 1.43 bits per heavy atom. The maximum Gasteiger partial charge on any atom is 0.131 e. The van der Waals surface area contributed by atoms with E-state index in [1.807, 2.05) is 4.68 Å². The zero-order valence-electron chi connectivity index (χ0n) is 13.8. The van der Waals surface area contributed by atoms with Crippen molar-refractivity contribution in [1.29, 1.82) is 0 Å². The van der Waals surface area contributed by atoms with Gasteiger partial charge in [-0.05, 0) is 13.8 Å². The van der Waals surface area contributed by atoms with Gasteiger partial charge in [-0.3, -0.25) is 4.68 Å². The third kappa shape index (κ3) is 3.73. The highest BCUT2D eigenvalue weighted by Gasteiger charge is 2.29. The highest BCUT2D eigenvalue weighted by atomic mass is 32.2. The first-order valence-corrected chi connectivity index (χ1v) is 8.71. The summed E-state index contributed by atoms with van der Waals surface area (Å²) in [6.07, 6.45) is 0. The maximum atomic E-state index is 5.10. The average Bonchev–Trinajstić information content (AvgIpc) is 2.73. The van der Waals surface area contributed by atoms with E-state index in [1.165, 1.54) is 17.1 Å². The number of aromatic nitrogens is 2. The van der Waals surface area contributed by atoms with Crippen LogP contribution in [0.4, 0.5) is 5.82 Å². The number of hydrogen-bond donors (Lipinski definition) is 1. The Morgan fingerprint density at radius 3 is 2.90 bits per heavy atom. The van der Waals surface area contributed by atoms with E-state index in [1.54, 1.807) is 7.11 Å². The fraction of sp³-hybridized carbons (Fsp3) is 0.800. The van der Waals surface area contributed by atoms with Crippen LogP contribution in [0.15, 0.2) is 0 Å². The lowest BCUT2D eigenvalue weighted by Gasteiger charge is -2.39. The normalized spacial score (nSPS) is 22.8. The molecule has 5 nitrogen and oxygen atoms in total. The highest BCUT2D eigenvalue weighted by molar-refractivity contribution is 8.00. The summed E-state index contributed by atoms with van der Waals surface area (Å²) in [5.41, 5.74) is 2.44. The van der Waals surface area contributed by atoms with E-state index in [4.69, 9.17) is 4.74 Å². The molecule has 0 aromatic carbocycles. The molecule has 1 saturated heterocycles. The first-order valence-electron chi connectivity index (χ1n) is 7.66. The minimum absolute atomic E-state index is 0.538. The van der Waals surface area contributed by atoms with Gasteiger partial charge in [-0.25, -0.2) is 0 Å². The number of hydrogen-bond acceptors (Lipinski definition) is 5. The Hall–Kier alpha value is -0.720. The highest BCUT2D eigenvalue weighted by Crippen LogP contribution is 2.32. The molecule has 2 rings (SSSR count). The van der Waals surface area contributed by atoms with Gasteiger partial charge in [-0.1, -0.05) is 6.92 Å². The molecule has 0 radical (unpaired) electrons. The fourth-order valence-corrected chi connectivity index (χ4v) is 3.98.